The van der Waals surface area contributed by atoms with E-state index in [0.717, 1.165) is 11.1 Å². The van der Waals surface area contributed by atoms with Crippen LogP contribution in [0.1, 0.15) is 11.1 Å². The van der Waals surface area contributed by atoms with Crippen LogP contribution in [-0.2, 0) is 14.3 Å². The fraction of sp³-hybridized carbons (Fsp3) is 0.222. The third-order valence-electron chi connectivity index (χ3n) is 3.50. The third-order valence-corrected chi connectivity index (χ3v) is 3.72. The first-order valence-electron chi connectivity index (χ1n) is 7.86. The molecule has 142 valence electrons. The number of rotatable bonds is 7. The average molecular weight is 393 g/mol. The molecule has 0 spiro atoms. The van der Waals surface area contributed by atoms with Crippen LogP contribution in [0.2, 0.25) is 5.02 Å². The number of carbonyl (C=O) groups is 2. The third kappa shape index (κ3) is 5.68. The number of benzene rings is 2. The lowest BCUT2D eigenvalue weighted by molar-refractivity contribution is -0.383. The molecule has 0 saturated heterocycles. The molecule has 0 aliphatic rings. The van der Waals surface area contributed by atoms with E-state index in [0.29, 0.717) is 10.8 Å². The highest BCUT2D eigenvalue weighted by molar-refractivity contribution is 6.30. The smallest absolute Gasteiger partial charge is 0.344 e. The summed E-state index contributed by atoms with van der Waals surface area (Å²) < 4.78 is 10.3. The molecule has 0 bridgehead atoms. The quantitative estimate of drug-likeness (QED) is 0.439. The Labute approximate surface area is 160 Å². The topological polar surface area (TPSA) is 108 Å². The van der Waals surface area contributed by atoms with Crippen molar-refractivity contribution in [2.24, 2.45) is 0 Å². The number of hydrogen-bond donors (Lipinski definition) is 1. The summed E-state index contributed by atoms with van der Waals surface area (Å²) in [6.45, 7) is 2.61. The minimum absolute atomic E-state index is 0.0206. The number of ether oxygens (including phenoxy) is 2. The number of para-hydroxylation sites is 2. The van der Waals surface area contributed by atoms with Gasteiger partial charge in [-0.25, -0.2) is 4.79 Å². The second kappa shape index (κ2) is 9.00. The van der Waals surface area contributed by atoms with Crippen molar-refractivity contribution in [2.75, 3.05) is 18.5 Å². The van der Waals surface area contributed by atoms with Gasteiger partial charge in [-0.3, -0.25) is 14.9 Å². The van der Waals surface area contributed by atoms with Crippen molar-refractivity contribution >= 4 is 34.9 Å². The van der Waals surface area contributed by atoms with Gasteiger partial charge in [-0.1, -0.05) is 23.7 Å². The number of amides is 1. The van der Waals surface area contributed by atoms with Gasteiger partial charge in [0.1, 0.15) is 11.4 Å². The molecule has 0 radical (unpaired) electrons. The lowest BCUT2D eigenvalue weighted by Crippen LogP contribution is -2.24. The zero-order valence-electron chi connectivity index (χ0n) is 14.7. The van der Waals surface area contributed by atoms with Gasteiger partial charge in [-0.2, -0.15) is 0 Å². The first-order chi connectivity index (χ1) is 12.8. The SMILES string of the molecule is Cc1cc(Cl)cc(C)c1OCC(=O)OCC(=O)Nc1ccccc1[N+](=O)[O-]. The fourth-order valence-electron chi connectivity index (χ4n) is 2.37. The van der Waals surface area contributed by atoms with Gasteiger partial charge < -0.3 is 14.8 Å². The van der Waals surface area contributed by atoms with Crippen LogP contribution in [0.15, 0.2) is 36.4 Å². The van der Waals surface area contributed by atoms with Crippen molar-refractivity contribution in [3.63, 3.8) is 0 Å². The van der Waals surface area contributed by atoms with Gasteiger partial charge in [-0.05, 0) is 43.2 Å². The molecule has 8 nitrogen and oxygen atoms in total. The number of aryl methyl sites for hydroxylation is 2. The highest BCUT2D eigenvalue weighted by Crippen LogP contribution is 2.27. The molecule has 0 atom stereocenters. The monoisotopic (exact) mass is 392 g/mol. The molecule has 0 aliphatic carbocycles. The Bertz CT molecular complexity index is 861. The molecule has 0 unspecified atom stereocenters. The molecule has 27 heavy (non-hydrogen) atoms. The van der Waals surface area contributed by atoms with Gasteiger partial charge in [0.2, 0.25) is 0 Å². The molecule has 9 heteroatoms. The van der Waals surface area contributed by atoms with Gasteiger partial charge in [0, 0.05) is 11.1 Å². The van der Waals surface area contributed by atoms with Gasteiger partial charge in [0.05, 0.1) is 4.92 Å². The van der Waals surface area contributed by atoms with Crippen LogP contribution in [0, 0.1) is 24.0 Å². The van der Waals surface area contributed by atoms with E-state index in [1.54, 1.807) is 32.0 Å². The van der Waals surface area contributed by atoms with E-state index in [2.05, 4.69) is 5.32 Å². The maximum atomic E-state index is 11.8. The molecule has 2 aromatic rings. The zero-order valence-corrected chi connectivity index (χ0v) is 15.4. The number of nitro groups is 1. The molecular weight excluding hydrogens is 376 g/mol. The highest BCUT2D eigenvalue weighted by Gasteiger charge is 2.16. The van der Waals surface area contributed by atoms with Crippen molar-refractivity contribution in [3.8, 4) is 5.75 Å². The molecular formula is C18H17ClN2O6. The van der Waals surface area contributed by atoms with Gasteiger partial charge in [0.25, 0.3) is 11.6 Å². The molecule has 0 fully saturated rings. The van der Waals surface area contributed by atoms with E-state index >= 15 is 0 Å². The maximum Gasteiger partial charge on any atom is 0.344 e. The highest BCUT2D eigenvalue weighted by atomic mass is 35.5. The summed E-state index contributed by atoms with van der Waals surface area (Å²) in [6.07, 6.45) is 0. The minimum Gasteiger partial charge on any atom is -0.481 e. The normalized spacial score (nSPS) is 10.2. The van der Waals surface area contributed by atoms with Crippen LogP contribution in [0.5, 0.6) is 5.75 Å². The van der Waals surface area contributed by atoms with E-state index in [-0.39, 0.29) is 18.0 Å². The van der Waals surface area contributed by atoms with Gasteiger partial charge >= 0.3 is 5.97 Å². The van der Waals surface area contributed by atoms with Crippen molar-refractivity contribution in [3.05, 3.63) is 62.7 Å². The summed E-state index contributed by atoms with van der Waals surface area (Å²) in [7, 11) is 0. The van der Waals surface area contributed by atoms with Crippen LogP contribution >= 0.6 is 11.6 Å². The Hall–Kier alpha value is -3.13. The first-order valence-corrected chi connectivity index (χ1v) is 8.24. The minimum atomic E-state index is -0.749. The molecule has 0 aromatic heterocycles. The van der Waals surface area contributed by atoms with E-state index in [1.165, 1.54) is 18.2 Å². The summed E-state index contributed by atoms with van der Waals surface area (Å²) in [5.41, 5.74) is 1.30. The summed E-state index contributed by atoms with van der Waals surface area (Å²) >= 11 is 5.93. The number of nitrogens with zero attached hydrogens (tertiary/aromatic N) is 1. The number of halogens is 1. The van der Waals surface area contributed by atoms with Crippen LogP contribution in [0.4, 0.5) is 11.4 Å². The Balaban J connectivity index is 1.86. The molecule has 2 aromatic carbocycles. The summed E-state index contributed by atoms with van der Waals surface area (Å²) in [4.78, 5) is 33.9. The van der Waals surface area contributed by atoms with Crippen molar-refractivity contribution in [1.82, 2.24) is 0 Å². The fourth-order valence-corrected chi connectivity index (χ4v) is 2.70. The Morgan fingerprint density at radius 1 is 1.15 bits per heavy atom. The molecule has 1 amide bonds. The number of hydrogen-bond acceptors (Lipinski definition) is 6. The van der Waals surface area contributed by atoms with Crippen molar-refractivity contribution in [1.29, 1.82) is 0 Å². The lowest BCUT2D eigenvalue weighted by atomic mass is 10.1. The van der Waals surface area contributed by atoms with Gasteiger partial charge in [-0.15, -0.1) is 0 Å². The lowest BCUT2D eigenvalue weighted by Gasteiger charge is -2.12. The summed E-state index contributed by atoms with van der Waals surface area (Å²) in [5, 5.41) is 13.8. The standard InChI is InChI=1S/C18H17ClN2O6/c1-11-7-13(19)8-12(2)18(11)27-10-17(23)26-9-16(22)20-14-5-3-4-6-15(14)21(24)25/h3-8H,9-10H2,1-2H3,(H,20,22). The molecule has 1 N–H and O–H groups in total. The number of nitro benzene ring substituents is 1. The maximum absolute atomic E-state index is 11.8. The largest absolute Gasteiger partial charge is 0.481 e. The molecule has 2 rings (SSSR count). The molecule has 0 saturated carbocycles. The first kappa shape index (κ1) is 20.2. The second-order valence-electron chi connectivity index (χ2n) is 5.64. The van der Waals surface area contributed by atoms with Crippen molar-refractivity contribution in [2.45, 2.75) is 13.8 Å². The average Bonchev–Trinajstić information content (AvgIpc) is 2.59. The number of anilines is 1. The predicted octanol–water partition coefficient (Wildman–Crippen LogP) is 3.43. The Morgan fingerprint density at radius 3 is 2.41 bits per heavy atom. The Morgan fingerprint density at radius 2 is 1.78 bits per heavy atom. The van der Waals surface area contributed by atoms with Crippen LogP contribution < -0.4 is 10.1 Å². The summed E-state index contributed by atoms with van der Waals surface area (Å²) in [6, 6.07) is 9.06. The zero-order chi connectivity index (χ0) is 20.0. The molecule has 0 aliphatic heterocycles. The van der Waals surface area contributed by atoms with Crippen LogP contribution in [0.3, 0.4) is 0 Å². The van der Waals surface area contributed by atoms with E-state index in [4.69, 9.17) is 21.1 Å². The number of carbonyl (C=O) groups excluding carboxylic acids is 2. The Kier molecular flexibility index (Phi) is 6.73. The van der Waals surface area contributed by atoms with Crippen molar-refractivity contribution < 1.29 is 24.0 Å². The van der Waals surface area contributed by atoms with Gasteiger partial charge in [0.15, 0.2) is 13.2 Å². The summed E-state index contributed by atoms with van der Waals surface area (Å²) in [5.74, 6) is -0.932. The predicted molar refractivity (Wildman–Crippen MR) is 99.1 cm³/mol. The number of nitrogens with one attached hydrogen (secondary N) is 1. The molecule has 0 heterocycles. The van der Waals surface area contributed by atoms with E-state index in [9.17, 15) is 19.7 Å². The van der Waals surface area contributed by atoms with Crippen LogP contribution in [-0.4, -0.2) is 30.0 Å². The second-order valence-corrected chi connectivity index (χ2v) is 6.08. The number of esters is 1. The van der Waals surface area contributed by atoms with E-state index in [1.807, 2.05) is 0 Å². The van der Waals surface area contributed by atoms with E-state index < -0.39 is 23.4 Å². The van der Waals surface area contributed by atoms with Crippen LogP contribution in [0.25, 0.3) is 0 Å².